The summed E-state index contributed by atoms with van der Waals surface area (Å²) in [5, 5.41) is 7.48. The monoisotopic (exact) mass is 446 g/mol. The minimum Gasteiger partial charge on any atom is -0.331 e. The summed E-state index contributed by atoms with van der Waals surface area (Å²) in [6, 6.07) is 0. The van der Waals surface area contributed by atoms with Gasteiger partial charge in [-0.3, -0.25) is 0 Å². The highest BCUT2D eigenvalue weighted by atomic mass is 19.4. The molecule has 1 N–H and O–H groups in total. The minimum absolute atomic E-state index is 4.42. The van der Waals surface area contributed by atoms with E-state index < -0.39 is 60.9 Å². The molecule has 0 saturated heterocycles. The predicted molar refractivity (Wildman–Crippen MR) is 52.5 cm³/mol. The van der Waals surface area contributed by atoms with Crippen LogP contribution < -0.4 is 0 Å². The fraction of sp³-hybridized carbons (Fsp3) is 1.00. The van der Waals surface area contributed by atoms with E-state index in [2.05, 4.69) is 0 Å². The standard InChI is InChI=1S/C10H6F16O/c11-1(3(13)5(15)16)2(12)4(14)6(17,18)7(19,20)8(21,22)9(23,24)10(25,26)27/h1-5,27H. The maximum Gasteiger partial charge on any atom is 0.423 e. The number of halogens is 16. The molecule has 0 aromatic rings. The molecular weight excluding hydrogens is 440 g/mol. The Morgan fingerprint density at radius 3 is 1.15 bits per heavy atom. The molecule has 0 aliphatic heterocycles. The molecule has 0 fully saturated rings. The zero-order valence-corrected chi connectivity index (χ0v) is 11.9. The first kappa shape index (κ1) is 25.8. The van der Waals surface area contributed by atoms with Crippen molar-refractivity contribution in [2.75, 3.05) is 0 Å². The highest BCUT2D eigenvalue weighted by Crippen LogP contribution is 2.58. The Bertz CT molecular complexity index is 498. The molecule has 164 valence electrons. The van der Waals surface area contributed by atoms with Crippen LogP contribution in [0.4, 0.5) is 70.2 Å². The summed E-state index contributed by atoms with van der Waals surface area (Å²) in [4.78, 5) is 0. The molecule has 0 aromatic heterocycles. The molecule has 0 spiro atoms. The molecule has 0 rings (SSSR count). The lowest BCUT2D eigenvalue weighted by Crippen LogP contribution is -2.70. The van der Waals surface area contributed by atoms with Crippen molar-refractivity contribution < 1.29 is 75.4 Å². The normalized spacial score (nSPS) is 19.8. The highest BCUT2D eigenvalue weighted by molar-refractivity contribution is 5.09. The fourth-order valence-electron chi connectivity index (χ4n) is 1.44. The van der Waals surface area contributed by atoms with Crippen LogP contribution in [0.1, 0.15) is 0 Å². The number of rotatable bonds is 9. The van der Waals surface area contributed by atoms with Gasteiger partial charge in [0.15, 0.2) is 18.5 Å². The summed E-state index contributed by atoms with van der Waals surface area (Å²) in [5.74, 6) is -31.1. The van der Waals surface area contributed by atoms with Crippen molar-refractivity contribution in [1.29, 1.82) is 0 Å². The van der Waals surface area contributed by atoms with Crippen LogP contribution in [0.25, 0.3) is 0 Å². The molecule has 0 heterocycles. The summed E-state index contributed by atoms with van der Waals surface area (Å²) < 4.78 is 202. The van der Waals surface area contributed by atoms with Gasteiger partial charge >= 0.3 is 29.8 Å². The first-order valence-corrected chi connectivity index (χ1v) is 6.04. The summed E-state index contributed by atoms with van der Waals surface area (Å²) >= 11 is 0. The molecule has 17 heteroatoms. The number of aliphatic hydroxyl groups is 1. The van der Waals surface area contributed by atoms with Gasteiger partial charge in [0, 0.05) is 0 Å². The summed E-state index contributed by atoms with van der Waals surface area (Å²) in [6.45, 7) is 0. The molecule has 0 bridgehead atoms. The molecule has 0 aliphatic carbocycles. The van der Waals surface area contributed by atoms with Gasteiger partial charge in [0.1, 0.15) is 0 Å². The van der Waals surface area contributed by atoms with Crippen LogP contribution in [0, 0.1) is 0 Å². The molecule has 4 atom stereocenters. The third-order valence-corrected chi connectivity index (χ3v) is 3.06. The van der Waals surface area contributed by atoms with Crippen LogP contribution in [-0.4, -0.2) is 66.0 Å². The quantitative estimate of drug-likeness (QED) is 0.508. The zero-order chi connectivity index (χ0) is 22.4. The van der Waals surface area contributed by atoms with E-state index in [9.17, 15) is 70.2 Å². The van der Waals surface area contributed by atoms with Crippen molar-refractivity contribution in [3.05, 3.63) is 0 Å². The number of hydrogen-bond donors (Lipinski definition) is 1. The lowest BCUT2D eigenvalue weighted by molar-refractivity contribution is -0.442. The van der Waals surface area contributed by atoms with Gasteiger partial charge in [-0.25, -0.2) is 26.3 Å². The molecule has 1 nitrogen and oxygen atoms in total. The van der Waals surface area contributed by atoms with Gasteiger partial charge < -0.3 is 5.11 Å². The maximum atomic E-state index is 13.1. The summed E-state index contributed by atoms with van der Waals surface area (Å²) in [6.07, 6.45) is -31.4. The predicted octanol–water partition coefficient (Wildman–Crippen LogP) is 4.73. The topological polar surface area (TPSA) is 20.2 Å². The average Bonchev–Trinajstić information content (AvgIpc) is 2.49. The van der Waals surface area contributed by atoms with E-state index in [4.69, 9.17) is 5.11 Å². The van der Waals surface area contributed by atoms with Crippen LogP contribution in [0.15, 0.2) is 0 Å². The van der Waals surface area contributed by atoms with Crippen LogP contribution in [0.3, 0.4) is 0 Å². The Hall–Kier alpha value is -1.16. The van der Waals surface area contributed by atoms with E-state index >= 15 is 0 Å². The largest absolute Gasteiger partial charge is 0.423 e. The van der Waals surface area contributed by atoms with E-state index in [1.54, 1.807) is 0 Å². The Kier molecular flexibility index (Phi) is 7.03. The van der Waals surface area contributed by atoms with Crippen LogP contribution in [-0.2, 0) is 0 Å². The number of alkyl halides is 16. The molecular formula is C10H6F16O. The van der Waals surface area contributed by atoms with Gasteiger partial charge in [0.2, 0.25) is 6.17 Å². The first-order chi connectivity index (χ1) is 11.6. The van der Waals surface area contributed by atoms with Gasteiger partial charge in [-0.15, -0.1) is 0 Å². The van der Waals surface area contributed by atoms with Crippen molar-refractivity contribution in [1.82, 2.24) is 0 Å². The van der Waals surface area contributed by atoms with Gasteiger partial charge in [0.25, 0.3) is 6.43 Å². The minimum atomic E-state index is -7.99. The second-order valence-corrected chi connectivity index (χ2v) is 4.96. The summed E-state index contributed by atoms with van der Waals surface area (Å²) in [5.41, 5.74) is 0. The Morgan fingerprint density at radius 1 is 0.481 bits per heavy atom. The second-order valence-electron chi connectivity index (χ2n) is 4.96. The Labute approximate surface area is 137 Å². The lowest BCUT2D eigenvalue weighted by Gasteiger charge is -2.39. The van der Waals surface area contributed by atoms with Gasteiger partial charge in [-0.1, -0.05) is 0 Å². The van der Waals surface area contributed by atoms with Gasteiger partial charge in [-0.2, -0.15) is 43.9 Å². The Morgan fingerprint density at radius 2 is 0.852 bits per heavy atom. The van der Waals surface area contributed by atoms with Crippen LogP contribution >= 0.6 is 0 Å². The van der Waals surface area contributed by atoms with E-state index in [1.165, 1.54) is 0 Å². The van der Waals surface area contributed by atoms with Gasteiger partial charge in [-0.05, 0) is 0 Å². The molecule has 0 amide bonds. The average molecular weight is 446 g/mol. The molecule has 0 radical (unpaired) electrons. The first-order valence-electron chi connectivity index (χ1n) is 6.04. The van der Waals surface area contributed by atoms with Crippen molar-refractivity contribution in [3.8, 4) is 0 Å². The SMILES string of the molecule is OC(F)(F)C(F)(F)C(F)(F)C(F)(F)C(F)(F)C(F)C(F)C(F)C(F)C(F)F. The van der Waals surface area contributed by atoms with Crippen molar-refractivity contribution in [2.24, 2.45) is 0 Å². The van der Waals surface area contributed by atoms with Crippen LogP contribution in [0.2, 0.25) is 0 Å². The zero-order valence-electron chi connectivity index (χ0n) is 11.9. The van der Waals surface area contributed by atoms with Crippen molar-refractivity contribution in [2.45, 2.75) is 60.9 Å². The third kappa shape index (κ3) is 4.01. The molecule has 27 heavy (non-hydrogen) atoms. The molecule has 0 saturated carbocycles. The third-order valence-electron chi connectivity index (χ3n) is 3.06. The molecule has 4 unspecified atom stereocenters. The van der Waals surface area contributed by atoms with Crippen molar-refractivity contribution >= 4 is 0 Å². The maximum absolute atomic E-state index is 13.1. The Balaban J connectivity index is 6.03. The fourth-order valence-corrected chi connectivity index (χ4v) is 1.44. The highest BCUT2D eigenvalue weighted by Gasteiger charge is 2.88. The molecule has 0 aliphatic rings. The second kappa shape index (κ2) is 7.35. The van der Waals surface area contributed by atoms with E-state index in [1.807, 2.05) is 0 Å². The van der Waals surface area contributed by atoms with E-state index in [-0.39, 0.29) is 0 Å². The van der Waals surface area contributed by atoms with Crippen LogP contribution in [0.5, 0.6) is 0 Å². The smallest absolute Gasteiger partial charge is 0.331 e. The molecule has 0 aromatic carbocycles. The lowest BCUT2D eigenvalue weighted by atomic mass is 9.91. The van der Waals surface area contributed by atoms with Crippen molar-refractivity contribution in [3.63, 3.8) is 0 Å². The van der Waals surface area contributed by atoms with Gasteiger partial charge in [0.05, 0.1) is 0 Å². The number of hydrogen-bond acceptors (Lipinski definition) is 1. The summed E-state index contributed by atoms with van der Waals surface area (Å²) in [7, 11) is 0. The van der Waals surface area contributed by atoms with E-state index in [0.717, 1.165) is 0 Å². The van der Waals surface area contributed by atoms with E-state index in [0.29, 0.717) is 0 Å².